The van der Waals surface area contributed by atoms with Crippen LogP contribution in [0.1, 0.15) is 19.4 Å². The average Bonchev–Trinajstić information content (AvgIpc) is 2.23. The molecule has 0 spiro atoms. The fourth-order valence-electron chi connectivity index (χ4n) is 1.31. The van der Waals surface area contributed by atoms with E-state index in [-0.39, 0.29) is 17.8 Å². The molecule has 17 heavy (non-hydrogen) atoms. The van der Waals surface area contributed by atoms with E-state index in [0.717, 1.165) is 12.3 Å². The molecule has 0 aliphatic heterocycles. The summed E-state index contributed by atoms with van der Waals surface area (Å²) in [5.41, 5.74) is 1.20. The molecule has 1 aromatic carbocycles. The SMILES string of the molecule is Cc1cccc(OCC(Cl)CNC(C)C)c1.Cl. The number of hydrogen-bond acceptors (Lipinski definition) is 2. The van der Waals surface area contributed by atoms with Crippen LogP contribution in [0.3, 0.4) is 0 Å². The van der Waals surface area contributed by atoms with Crippen molar-refractivity contribution in [2.24, 2.45) is 0 Å². The molecule has 98 valence electrons. The lowest BCUT2D eigenvalue weighted by Gasteiger charge is -2.14. The number of alkyl halides is 1. The van der Waals surface area contributed by atoms with Gasteiger partial charge in [-0.2, -0.15) is 0 Å². The number of nitrogens with one attached hydrogen (secondary N) is 1. The van der Waals surface area contributed by atoms with Gasteiger partial charge in [0.25, 0.3) is 0 Å². The third-order valence-corrected chi connectivity index (χ3v) is 2.45. The number of hydrogen-bond donors (Lipinski definition) is 1. The van der Waals surface area contributed by atoms with Gasteiger partial charge in [-0.1, -0.05) is 26.0 Å². The van der Waals surface area contributed by atoms with Gasteiger partial charge < -0.3 is 10.1 Å². The van der Waals surface area contributed by atoms with Crippen LogP contribution in [-0.4, -0.2) is 24.6 Å². The zero-order valence-corrected chi connectivity index (χ0v) is 12.1. The van der Waals surface area contributed by atoms with E-state index in [1.165, 1.54) is 5.56 Å². The molecule has 2 nitrogen and oxygen atoms in total. The summed E-state index contributed by atoms with van der Waals surface area (Å²) in [5, 5.41) is 3.28. The van der Waals surface area contributed by atoms with Crippen molar-refractivity contribution >= 4 is 24.0 Å². The highest BCUT2D eigenvalue weighted by Crippen LogP contribution is 2.13. The van der Waals surface area contributed by atoms with Crippen molar-refractivity contribution in [3.63, 3.8) is 0 Å². The van der Waals surface area contributed by atoms with E-state index in [9.17, 15) is 0 Å². The number of rotatable bonds is 6. The maximum atomic E-state index is 6.13. The smallest absolute Gasteiger partial charge is 0.119 e. The Morgan fingerprint density at radius 1 is 1.35 bits per heavy atom. The van der Waals surface area contributed by atoms with Gasteiger partial charge in [0.2, 0.25) is 0 Å². The van der Waals surface area contributed by atoms with Gasteiger partial charge in [-0.05, 0) is 24.6 Å². The number of aryl methyl sites for hydroxylation is 1. The van der Waals surface area contributed by atoms with Crippen LogP contribution in [0, 0.1) is 6.92 Å². The van der Waals surface area contributed by atoms with Crippen LogP contribution in [0.5, 0.6) is 5.75 Å². The largest absolute Gasteiger partial charge is 0.492 e. The second kappa shape index (κ2) is 8.62. The van der Waals surface area contributed by atoms with Gasteiger partial charge in [0.15, 0.2) is 0 Å². The molecule has 1 unspecified atom stereocenters. The Balaban J connectivity index is 0.00000256. The lowest BCUT2D eigenvalue weighted by Crippen LogP contribution is -2.32. The van der Waals surface area contributed by atoms with Gasteiger partial charge in [-0.25, -0.2) is 0 Å². The molecule has 4 heteroatoms. The summed E-state index contributed by atoms with van der Waals surface area (Å²) in [6, 6.07) is 8.46. The maximum Gasteiger partial charge on any atom is 0.119 e. The zero-order chi connectivity index (χ0) is 12.0. The topological polar surface area (TPSA) is 21.3 Å². The van der Waals surface area contributed by atoms with Crippen molar-refractivity contribution in [1.29, 1.82) is 0 Å². The highest BCUT2D eigenvalue weighted by atomic mass is 35.5. The van der Waals surface area contributed by atoms with E-state index in [1.807, 2.05) is 31.2 Å². The quantitative estimate of drug-likeness (QED) is 0.805. The molecule has 1 atom stereocenters. The van der Waals surface area contributed by atoms with Crippen molar-refractivity contribution in [2.75, 3.05) is 13.2 Å². The summed E-state index contributed by atoms with van der Waals surface area (Å²) in [4.78, 5) is 0. The summed E-state index contributed by atoms with van der Waals surface area (Å²) in [6.07, 6.45) is 0. The standard InChI is InChI=1S/C13H20ClNO.ClH/c1-10(2)15-8-12(14)9-16-13-6-4-5-11(3)7-13;/h4-7,10,12,15H,8-9H2,1-3H3;1H. The van der Waals surface area contributed by atoms with E-state index in [1.54, 1.807) is 0 Å². The third kappa shape index (κ3) is 7.48. The van der Waals surface area contributed by atoms with Gasteiger partial charge in [-0.15, -0.1) is 24.0 Å². The first-order valence-corrected chi connectivity index (χ1v) is 6.08. The van der Waals surface area contributed by atoms with Crippen LogP contribution in [-0.2, 0) is 0 Å². The average molecular weight is 278 g/mol. The Kier molecular flexibility index (Phi) is 8.40. The Morgan fingerprint density at radius 3 is 2.65 bits per heavy atom. The summed E-state index contributed by atoms with van der Waals surface area (Å²) >= 11 is 6.13. The Labute approximate surface area is 115 Å². The third-order valence-electron chi connectivity index (χ3n) is 2.17. The van der Waals surface area contributed by atoms with Crippen molar-refractivity contribution in [2.45, 2.75) is 32.2 Å². The number of halogens is 2. The molecule has 1 N–H and O–H groups in total. The summed E-state index contributed by atoms with van der Waals surface area (Å²) < 4.78 is 5.61. The van der Waals surface area contributed by atoms with Gasteiger partial charge in [0.05, 0.1) is 5.38 Å². The Bertz CT molecular complexity index is 318. The Morgan fingerprint density at radius 2 is 2.06 bits per heavy atom. The van der Waals surface area contributed by atoms with Crippen LogP contribution < -0.4 is 10.1 Å². The van der Waals surface area contributed by atoms with Crippen molar-refractivity contribution in [3.8, 4) is 5.75 Å². The van der Waals surface area contributed by atoms with E-state index >= 15 is 0 Å². The molecular formula is C13H21Cl2NO. The second-order valence-corrected chi connectivity index (χ2v) is 4.90. The molecule has 0 saturated heterocycles. The predicted molar refractivity (Wildman–Crippen MR) is 76.7 cm³/mol. The molecule has 0 radical (unpaired) electrons. The minimum atomic E-state index is 0. The number of ether oxygens (including phenoxy) is 1. The van der Waals surface area contributed by atoms with E-state index in [4.69, 9.17) is 16.3 Å². The fraction of sp³-hybridized carbons (Fsp3) is 0.538. The van der Waals surface area contributed by atoms with Gasteiger partial charge in [0, 0.05) is 12.6 Å². The van der Waals surface area contributed by atoms with Crippen molar-refractivity contribution < 1.29 is 4.74 Å². The monoisotopic (exact) mass is 277 g/mol. The first kappa shape index (κ1) is 16.6. The molecule has 0 bridgehead atoms. The van der Waals surface area contributed by atoms with Gasteiger partial charge in [0.1, 0.15) is 12.4 Å². The van der Waals surface area contributed by atoms with Crippen molar-refractivity contribution in [3.05, 3.63) is 29.8 Å². The minimum Gasteiger partial charge on any atom is -0.492 e. The molecule has 0 aromatic heterocycles. The number of benzene rings is 1. The summed E-state index contributed by atoms with van der Waals surface area (Å²) in [6.45, 7) is 7.55. The van der Waals surface area contributed by atoms with Gasteiger partial charge in [-0.3, -0.25) is 0 Å². The van der Waals surface area contributed by atoms with E-state index < -0.39 is 0 Å². The highest BCUT2D eigenvalue weighted by Gasteiger charge is 2.06. The molecule has 0 fully saturated rings. The minimum absolute atomic E-state index is 0. The molecule has 1 rings (SSSR count). The van der Waals surface area contributed by atoms with Crippen molar-refractivity contribution in [1.82, 2.24) is 5.32 Å². The van der Waals surface area contributed by atoms with Crippen LogP contribution >= 0.6 is 24.0 Å². The zero-order valence-electron chi connectivity index (χ0n) is 10.6. The molecule has 0 aliphatic carbocycles. The molecule has 0 heterocycles. The van der Waals surface area contributed by atoms with E-state index in [0.29, 0.717) is 12.6 Å². The molecule has 0 amide bonds. The maximum absolute atomic E-state index is 6.13. The molecular weight excluding hydrogens is 257 g/mol. The highest BCUT2D eigenvalue weighted by molar-refractivity contribution is 6.20. The Hall–Kier alpha value is -0.440. The first-order valence-electron chi connectivity index (χ1n) is 5.65. The normalized spacial score (nSPS) is 12.1. The van der Waals surface area contributed by atoms with Crippen LogP contribution in [0.15, 0.2) is 24.3 Å². The lowest BCUT2D eigenvalue weighted by molar-refractivity contribution is 0.309. The first-order chi connectivity index (χ1) is 7.58. The molecule has 1 aromatic rings. The van der Waals surface area contributed by atoms with Crippen LogP contribution in [0.25, 0.3) is 0 Å². The van der Waals surface area contributed by atoms with Gasteiger partial charge >= 0.3 is 0 Å². The van der Waals surface area contributed by atoms with E-state index in [2.05, 4.69) is 19.2 Å². The fourth-order valence-corrected chi connectivity index (χ4v) is 1.47. The molecule has 0 aliphatic rings. The summed E-state index contributed by atoms with van der Waals surface area (Å²) in [7, 11) is 0. The second-order valence-electron chi connectivity index (χ2n) is 4.29. The van der Waals surface area contributed by atoms with Crippen LogP contribution in [0.2, 0.25) is 0 Å². The predicted octanol–water partition coefficient (Wildman–Crippen LogP) is 3.40. The van der Waals surface area contributed by atoms with Crippen LogP contribution in [0.4, 0.5) is 0 Å². The lowest BCUT2D eigenvalue weighted by atomic mass is 10.2. The molecule has 0 saturated carbocycles. The summed E-state index contributed by atoms with van der Waals surface area (Å²) in [5.74, 6) is 0.884.